The third kappa shape index (κ3) is 3.14. The summed E-state index contributed by atoms with van der Waals surface area (Å²) in [5.41, 5.74) is 0.348. The lowest BCUT2D eigenvalue weighted by Crippen LogP contribution is -2.15. The second-order valence-electron chi connectivity index (χ2n) is 3.60. The number of nitrogens with one attached hydrogen (secondary N) is 2. The van der Waals surface area contributed by atoms with Gasteiger partial charge in [-0.1, -0.05) is 0 Å². The molecule has 0 radical (unpaired) electrons. The zero-order valence-electron chi connectivity index (χ0n) is 9.59. The molecule has 0 saturated carbocycles. The third-order valence-corrected chi connectivity index (χ3v) is 2.69. The molecular formula is C12H9BrN4O2. The van der Waals surface area contributed by atoms with Gasteiger partial charge in [0.1, 0.15) is 5.82 Å². The second kappa shape index (κ2) is 5.57. The molecule has 0 aliphatic heterocycles. The number of nitrogens with zero attached hydrogens (tertiary/aromatic N) is 2. The van der Waals surface area contributed by atoms with Crippen LogP contribution in [0.4, 0.5) is 11.5 Å². The molecule has 0 aliphatic carbocycles. The molecule has 0 saturated heterocycles. The lowest BCUT2D eigenvalue weighted by atomic mass is 10.1. The molecule has 2 aromatic rings. The summed E-state index contributed by atoms with van der Waals surface area (Å²) in [5.74, 6) is -1.00. The summed E-state index contributed by atoms with van der Waals surface area (Å²) in [6.45, 7) is 0. The zero-order chi connectivity index (χ0) is 13.8. The maximum atomic E-state index is 10.9. The van der Waals surface area contributed by atoms with Crippen LogP contribution in [0.15, 0.2) is 41.3 Å². The Labute approximate surface area is 117 Å². The number of carboxylic acids is 1. The predicted octanol–water partition coefficient (Wildman–Crippen LogP) is 2.44. The number of aliphatic carboxylic acids is 1. The van der Waals surface area contributed by atoms with Crippen LogP contribution >= 0.6 is 15.9 Å². The Bertz CT molecular complexity index is 645. The van der Waals surface area contributed by atoms with Gasteiger partial charge in [-0.15, -0.1) is 0 Å². The van der Waals surface area contributed by atoms with E-state index in [-0.39, 0.29) is 5.56 Å². The first-order valence-corrected chi connectivity index (χ1v) is 6.02. The molecule has 0 fully saturated rings. The predicted molar refractivity (Wildman–Crippen MR) is 73.9 cm³/mol. The molecule has 3 N–H and O–H groups in total. The van der Waals surface area contributed by atoms with Gasteiger partial charge in [0.2, 0.25) is 0 Å². The lowest BCUT2D eigenvalue weighted by Gasteiger charge is -2.09. The van der Waals surface area contributed by atoms with Crippen molar-refractivity contribution in [1.29, 1.82) is 5.41 Å². The van der Waals surface area contributed by atoms with Crippen LogP contribution in [0.5, 0.6) is 0 Å². The number of carbonyl (C=O) groups is 1. The average Bonchev–Trinajstić information content (AvgIpc) is 2.38. The van der Waals surface area contributed by atoms with Crippen molar-refractivity contribution in [1.82, 2.24) is 9.97 Å². The van der Waals surface area contributed by atoms with E-state index in [1.165, 1.54) is 12.3 Å². The van der Waals surface area contributed by atoms with Gasteiger partial charge in [-0.2, -0.15) is 0 Å². The van der Waals surface area contributed by atoms with Crippen LogP contribution in [-0.4, -0.2) is 26.8 Å². The van der Waals surface area contributed by atoms with Crippen molar-refractivity contribution in [2.75, 3.05) is 5.32 Å². The third-order valence-electron chi connectivity index (χ3n) is 2.26. The van der Waals surface area contributed by atoms with E-state index in [4.69, 9.17) is 10.5 Å². The Morgan fingerprint density at radius 2 is 2.21 bits per heavy atom. The monoisotopic (exact) mass is 320 g/mol. The van der Waals surface area contributed by atoms with Gasteiger partial charge in [-0.05, 0) is 34.1 Å². The van der Waals surface area contributed by atoms with E-state index in [0.29, 0.717) is 11.5 Å². The second-order valence-corrected chi connectivity index (χ2v) is 4.51. The van der Waals surface area contributed by atoms with E-state index in [9.17, 15) is 4.79 Å². The summed E-state index contributed by atoms with van der Waals surface area (Å²) in [6, 6.07) is 4.88. The Balaban J connectivity index is 2.35. The molecule has 0 unspecified atom stereocenters. The zero-order valence-corrected chi connectivity index (χ0v) is 11.2. The SMILES string of the molecule is N=C(C(=O)O)c1cccnc1Nc1cncc(Br)c1. The standard InChI is InChI=1S/C12H9BrN4O2/c13-7-4-8(6-15-5-7)17-11-9(2-1-3-16-11)10(14)12(18)19/h1-6,14H,(H,16,17)(H,18,19). The molecule has 2 heterocycles. The lowest BCUT2D eigenvalue weighted by molar-refractivity contribution is -0.129. The van der Waals surface area contributed by atoms with E-state index in [2.05, 4.69) is 31.2 Å². The first-order valence-electron chi connectivity index (χ1n) is 5.22. The van der Waals surface area contributed by atoms with Crippen LogP contribution in [0.3, 0.4) is 0 Å². The van der Waals surface area contributed by atoms with Crippen molar-refractivity contribution in [3.63, 3.8) is 0 Å². The first-order chi connectivity index (χ1) is 9.08. The minimum absolute atomic E-state index is 0.218. The summed E-state index contributed by atoms with van der Waals surface area (Å²) >= 11 is 3.29. The number of hydrogen-bond acceptors (Lipinski definition) is 5. The van der Waals surface area contributed by atoms with Crippen molar-refractivity contribution in [3.05, 3.63) is 46.8 Å². The van der Waals surface area contributed by atoms with Crippen molar-refractivity contribution in [2.24, 2.45) is 0 Å². The molecule has 0 spiro atoms. The van der Waals surface area contributed by atoms with Crippen LogP contribution in [0, 0.1) is 5.41 Å². The number of rotatable bonds is 4. The minimum atomic E-state index is -1.30. The minimum Gasteiger partial charge on any atom is -0.477 e. The molecule has 0 atom stereocenters. The molecule has 6 nitrogen and oxygen atoms in total. The fourth-order valence-electron chi connectivity index (χ4n) is 1.44. The summed E-state index contributed by atoms with van der Waals surface area (Å²) in [5, 5.41) is 19.3. The number of pyridine rings is 2. The van der Waals surface area contributed by atoms with Gasteiger partial charge in [0.25, 0.3) is 0 Å². The molecule has 2 rings (SSSR count). The van der Waals surface area contributed by atoms with E-state index < -0.39 is 11.7 Å². The summed E-state index contributed by atoms with van der Waals surface area (Å²) < 4.78 is 0.781. The summed E-state index contributed by atoms with van der Waals surface area (Å²) in [4.78, 5) is 18.9. The fourth-order valence-corrected chi connectivity index (χ4v) is 1.80. The van der Waals surface area contributed by atoms with Gasteiger partial charge in [-0.25, -0.2) is 9.78 Å². The molecule has 0 bridgehead atoms. The Morgan fingerprint density at radius 3 is 2.89 bits per heavy atom. The van der Waals surface area contributed by atoms with Gasteiger partial charge in [0.05, 0.1) is 11.9 Å². The number of carboxylic acid groups (broad SMARTS) is 1. The van der Waals surface area contributed by atoms with Crippen LogP contribution in [-0.2, 0) is 4.79 Å². The molecule has 19 heavy (non-hydrogen) atoms. The van der Waals surface area contributed by atoms with E-state index in [1.807, 2.05) is 0 Å². The number of hydrogen-bond donors (Lipinski definition) is 3. The van der Waals surface area contributed by atoms with Crippen molar-refractivity contribution < 1.29 is 9.90 Å². The molecule has 96 valence electrons. The molecule has 0 aromatic carbocycles. The molecule has 0 aliphatic rings. The maximum Gasteiger partial charge on any atom is 0.354 e. The topological polar surface area (TPSA) is 99.0 Å². The maximum absolute atomic E-state index is 10.9. The van der Waals surface area contributed by atoms with Crippen molar-refractivity contribution >= 4 is 39.1 Å². The van der Waals surface area contributed by atoms with Gasteiger partial charge in [0.15, 0.2) is 5.71 Å². The molecular weight excluding hydrogens is 312 g/mol. The average molecular weight is 321 g/mol. The van der Waals surface area contributed by atoms with Crippen LogP contribution < -0.4 is 5.32 Å². The van der Waals surface area contributed by atoms with Gasteiger partial charge < -0.3 is 10.4 Å². The van der Waals surface area contributed by atoms with E-state index >= 15 is 0 Å². The van der Waals surface area contributed by atoms with Crippen molar-refractivity contribution in [3.8, 4) is 0 Å². The van der Waals surface area contributed by atoms with Crippen LogP contribution in [0.1, 0.15) is 5.56 Å². The van der Waals surface area contributed by atoms with Crippen LogP contribution in [0.2, 0.25) is 0 Å². The number of halogens is 1. The van der Waals surface area contributed by atoms with E-state index in [1.54, 1.807) is 24.5 Å². The van der Waals surface area contributed by atoms with E-state index in [0.717, 1.165) is 4.47 Å². The smallest absolute Gasteiger partial charge is 0.354 e. The Morgan fingerprint density at radius 1 is 1.42 bits per heavy atom. The van der Waals surface area contributed by atoms with Gasteiger partial charge >= 0.3 is 5.97 Å². The highest BCUT2D eigenvalue weighted by atomic mass is 79.9. The number of anilines is 2. The first kappa shape index (κ1) is 13.2. The van der Waals surface area contributed by atoms with Crippen LogP contribution in [0.25, 0.3) is 0 Å². The largest absolute Gasteiger partial charge is 0.477 e. The highest BCUT2D eigenvalue weighted by Crippen LogP contribution is 2.20. The quantitative estimate of drug-likeness (QED) is 0.751. The molecule has 2 aromatic heterocycles. The molecule has 7 heteroatoms. The molecule has 0 amide bonds. The van der Waals surface area contributed by atoms with Crippen molar-refractivity contribution in [2.45, 2.75) is 0 Å². The normalized spacial score (nSPS) is 9.95. The van der Waals surface area contributed by atoms with Gasteiger partial charge in [-0.3, -0.25) is 10.4 Å². The fraction of sp³-hybridized carbons (Fsp3) is 0. The summed E-state index contributed by atoms with van der Waals surface area (Å²) in [7, 11) is 0. The summed E-state index contributed by atoms with van der Waals surface area (Å²) in [6.07, 6.45) is 4.73. The van der Waals surface area contributed by atoms with Gasteiger partial charge in [0, 0.05) is 22.4 Å². The highest BCUT2D eigenvalue weighted by molar-refractivity contribution is 9.10. The Kier molecular flexibility index (Phi) is 3.86. The number of aromatic nitrogens is 2. The Hall–Kier alpha value is -2.28. The highest BCUT2D eigenvalue weighted by Gasteiger charge is 2.15.